The minimum atomic E-state index is -1.88. The molecule has 2 aliphatic heterocycles. The van der Waals surface area contributed by atoms with Gasteiger partial charge in [0.1, 0.15) is 21.7 Å². The molecular formula is C100H120Cl6N6O2PRu2-. The topological polar surface area (TPSA) is 37.9 Å². The number of ether oxygens (including phenoxy) is 2. The first-order valence-electron chi connectivity index (χ1n) is 39.2. The Labute approximate surface area is 740 Å². The molecule has 3 aliphatic rings. The summed E-state index contributed by atoms with van der Waals surface area (Å²) in [5.41, 5.74) is 19.9. The average molecular weight is 1880 g/mol. The van der Waals surface area contributed by atoms with Gasteiger partial charge in [-0.1, -0.05) is 154 Å². The summed E-state index contributed by atoms with van der Waals surface area (Å²) in [5.74, 6) is 1.83. The first kappa shape index (κ1) is 98.3. The Morgan fingerprint density at radius 3 is 1.04 bits per heavy atom. The number of rotatable bonds is 20. The van der Waals surface area contributed by atoms with Gasteiger partial charge >= 0.3 is 249 Å². The Balaban J connectivity index is 0.000000216. The molecule has 1 aliphatic carbocycles. The van der Waals surface area contributed by atoms with E-state index in [2.05, 4.69) is 373 Å². The van der Waals surface area contributed by atoms with Crippen LogP contribution in [0.15, 0.2) is 291 Å². The summed E-state index contributed by atoms with van der Waals surface area (Å²) in [6, 6.07) is 98.0. The van der Waals surface area contributed by atoms with E-state index in [1.165, 1.54) is 94.6 Å². The van der Waals surface area contributed by atoms with Crippen LogP contribution in [0.2, 0.25) is 0 Å². The number of benzene rings is 11. The second kappa shape index (κ2) is 52.5. The van der Waals surface area contributed by atoms with Crippen LogP contribution in [-0.4, -0.2) is 78.6 Å². The molecule has 2 heterocycles. The SMILES string of the molecule is C.C.C/C=C/c1ccc(N(CC)CC)cc1OC(C)C.CCN(CC)c1ccc([CH]=[Ru]([Cl])[Cl])c(OC(C)C)c1.Cc1ccccc1N1[CH-]N(c2ccccc2C)CC1.Cc1ccccc1N1[CH-]N(c2ccccc2C)CC1.ClCCl.[Cl][Ru]([Cl])=[C]1C=C(c2ccccc2)c2ccccc21.c1ccc([PH+](c2ccccc2)c2ccccc2)cc1. The van der Waals surface area contributed by atoms with Gasteiger partial charge in [-0.05, 0) is 157 Å². The van der Waals surface area contributed by atoms with Crippen LogP contribution >= 0.6 is 69.9 Å². The molecule has 626 valence electrons. The van der Waals surface area contributed by atoms with Crippen molar-refractivity contribution < 1.29 is 36.5 Å². The van der Waals surface area contributed by atoms with Crippen molar-refractivity contribution in [3.63, 3.8) is 0 Å². The molecular weight excluding hydrogens is 1760 g/mol. The predicted molar refractivity (Wildman–Crippen MR) is 518 cm³/mol. The van der Waals surface area contributed by atoms with E-state index in [9.17, 15) is 0 Å². The molecule has 0 aromatic heterocycles. The van der Waals surface area contributed by atoms with E-state index in [-0.39, 0.29) is 32.4 Å². The Morgan fingerprint density at radius 2 is 0.726 bits per heavy atom. The smallest absolute Gasteiger partial charge is 0.0620 e. The van der Waals surface area contributed by atoms with Gasteiger partial charge in [-0.15, -0.1) is 23.2 Å². The summed E-state index contributed by atoms with van der Waals surface area (Å²) in [4.78, 5) is 14.0. The molecule has 0 atom stereocenters. The molecule has 117 heavy (non-hydrogen) atoms. The Hall–Kier alpha value is -7.54. The number of hydrogen-bond acceptors (Lipinski definition) is 8. The molecule has 11 aromatic rings. The number of aryl methyl sites for hydroxylation is 4. The molecule has 11 aromatic carbocycles. The average Bonchev–Trinajstić information content (AvgIpc) is 1.64. The van der Waals surface area contributed by atoms with Gasteiger partial charge in [-0.25, -0.2) is 0 Å². The molecule has 0 spiro atoms. The minimum absolute atomic E-state index is 0. The fourth-order valence-corrected chi connectivity index (χ4v) is 20.4. The van der Waals surface area contributed by atoms with E-state index >= 15 is 0 Å². The van der Waals surface area contributed by atoms with E-state index in [0.717, 1.165) is 79.1 Å². The Bertz CT molecular complexity index is 4570. The van der Waals surface area contributed by atoms with Crippen LogP contribution in [0.3, 0.4) is 0 Å². The number of allylic oxidation sites excluding steroid dienone is 2. The molecule has 14 rings (SSSR count). The van der Waals surface area contributed by atoms with E-state index < -0.39 is 35.0 Å². The number of fused-ring (bicyclic) bond motifs is 1. The van der Waals surface area contributed by atoms with Crippen LogP contribution in [0, 0.1) is 41.0 Å². The first-order chi connectivity index (χ1) is 55.7. The van der Waals surface area contributed by atoms with Crippen molar-refractivity contribution >= 4 is 140 Å². The van der Waals surface area contributed by atoms with Gasteiger partial charge in [0.15, 0.2) is 0 Å². The third-order valence-electron chi connectivity index (χ3n) is 19.1. The number of hydrogen-bond donors (Lipinski definition) is 0. The van der Waals surface area contributed by atoms with Gasteiger partial charge < -0.3 is 29.2 Å². The second-order valence-corrected chi connectivity index (χ2v) is 42.5. The van der Waals surface area contributed by atoms with Gasteiger partial charge in [-0.2, -0.15) is 13.3 Å². The minimum Gasteiger partial charge on any atom is -0.0620 e. The van der Waals surface area contributed by atoms with Gasteiger partial charge in [0.25, 0.3) is 0 Å². The summed E-state index contributed by atoms with van der Waals surface area (Å²) < 4.78 is 14.8. The monoisotopic (exact) mass is 1880 g/mol. The van der Waals surface area contributed by atoms with E-state index in [1.807, 2.05) is 61.8 Å². The van der Waals surface area contributed by atoms with Crippen molar-refractivity contribution in [2.45, 2.75) is 117 Å². The third-order valence-corrected chi connectivity index (χ3v) is 26.8. The molecule has 0 bridgehead atoms. The van der Waals surface area contributed by atoms with Crippen LogP contribution in [0.1, 0.15) is 127 Å². The standard InChI is InChI=1S/C18H15P.2C17H19N2.C16H25NO.C15H10.C14H21NO.CH2Cl2.2CH4.4ClH.2Ru/c1-4-10-16(11-5-1)19(17-12-6-2-7-13-17)18-14-8-3-9-15-18;2*1-14-7-3-5-9-16(14)18-11-12-19(13-18)17-10-6-4-8-15(17)2;1-6-9-14-10-11-15(17(7-2)8-3)12-16(14)18-13(4)5;1-2-6-12(7-3-1)15-11-10-13-8-4-5-9-14(13)15;1-6-15(7-2)13-9-8-12(5)14(10-13)16-11(3)4;2-1-3;;;;;;;;/h1-15H;2*3-10,13H,11-12H2,1-2H3;6,9-13H,7-8H2,1-5H3;1-9,11H;5,8-11H,6-7H2,1-4H3;1H2;2*1H4;4*1H;;/q;2*-1;;;;;;;;;;;2*+2/p-3/b;;;9-6+;;;;;;;;;;;. The van der Waals surface area contributed by atoms with Crippen molar-refractivity contribution in [3.05, 3.63) is 355 Å². The van der Waals surface area contributed by atoms with Crippen molar-refractivity contribution in [1.82, 2.24) is 0 Å². The molecule has 17 heteroatoms. The number of halogens is 6. The number of para-hydroxylation sites is 4. The van der Waals surface area contributed by atoms with E-state index in [4.69, 9.17) is 71.4 Å². The summed E-state index contributed by atoms with van der Waals surface area (Å²) in [6.45, 7) is 40.1. The maximum Gasteiger partial charge on any atom is 0.102 e. The zero-order chi connectivity index (χ0) is 82.6. The molecule has 0 amide bonds. The molecule has 8 nitrogen and oxygen atoms in total. The maximum absolute atomic E-state index is 6.19. The quantitative estimate of drug-likeness (QED) is 0.0323. The number of anilines is 6. The van der Waals surface area contributed by atoms with Crippen LogP contribution in [0.25, 0.3) is 11.6 Å². The maximum atomic E-state index is 6.19. The van der Waals surface area contributed by atoms with Crippen molar-refractivity contribution in [2.75, 3.05) is 87.1 Å². The fourth-order valence-electron chi connectivity index (χ4n) is 13.6. The molecule has 0 N–H and O–H groups in total. The normalized spacial score (nSPS) is 12.5. The predicted octanol–water partition coefficient (Wildman–Crippen LogP) is 26.7. The zero-order valence-corrected chi connectivity index (χ0v) is 77.5. The Kier molecular flexibility index (Phi) is 44.1. The Morgan fingerprint density at radius 1 is 0.419 bits per heavy atom. The van der Waals surface area contributed by atoms with Crippen LogP contribution in [0.4, 0.5) is 34.1 Å². The van der Waals surface area contributed by atoms with Crippen LogP contribution in [0.5, 0.6) is 11.5 Å². The van der Waals surface area contributed by atoms with Crippen LogP contribution < -0.4 is 54.8 Å². The molecule has 0 radical (unpaired) electrons. The summed E-state index contributed by atoms with van der Waals surface area (Å²) in [6.07, 6.45) is 6.61. The molecule has 0 unspecified atom stereocenters. The summed E-state index contributed by atoms with van der Waals surface area (Å²) >= 11 is 5.81. The van der Waals surface area contributed by atoms with Crippen LogP contribution in [-0.2, 0) is 27.0 Å². The summed E-state index contributed by atoms with van der Waals surface area (Å²) in [5, 5.41) is 4.50. The zero-order valence-electron chi connectivity index (χ0n) is 68.5. The van der Waals surface area contributed by atoms with Gasteiger partial charge in [0, 0.05) is 79.3 Å². The van der Waals surface area contributed by atoms with Gasteiger partial charge in [0.2, 0.25) is 0 Å². The first-order valence-corrected chi connectivity index (χ1v) is 52.6. The van der Waals surface area contributed by atoms with Crippen molar-refractivity contribution in [2.24, 2.45) is 0 Å². The number of alkyl halides is 2. The van der Waals surface area contributed by atoms with E-state index in [1.54, 1.807) is 0 Å². The van der Waals surface area contributed by atoms with Crippen molar-refractivity contribution in [3.8, 4) is 11.5 Å². The van der Waals surface area contributed by atoms with Crippen molar-refractivity contribution in [1.29, 1.82) is 0 Å². The fraction of sp³-hybridized carbons (Fsp3) is 0.260. The second-order valence-electron chi connectivity index (χ2n) is 27.6. The van der Waals surface area contributed by atoms with E-state index in [0.29, 0.717) is 0 Å². The largest absolute Gasteiger partial charge is 0.102 e. The number of nitrogens with zero attached hydrogens (tertiary/aromatic N) is 6. The van der Waals surface area contributed by atoms with Gasteiger partial charge in [0.05, 0.1) is 19.4 Å². The van der Waals surface area contributed by atoms with Gasteiger partial charge in [-0.3, -0.25) is 0 Å². The summed E-state index contributed by atoms with van der Waals surface area (Å²) in [7, 11) is 23.4. The molecule has 2 fully saturated rings. The third kappa shape index (κ3) is 30.0. The molecule has 0 saturated carbocycles. The molecule has 2 saturated heterocycles.